The van der Waals surface area contributed by atoms with Crippen molar-refractivity contribution in [1.82, 2.24) is 0 Å². The van der Waals surface area contributed by atoms with Crippen LogP contribution in [0.3, 0.4) is 0 Å². The number of anilines is 1. The molecule has 110 valence electrons. The smallest absolute Gasteiger partial charge is 0.227 e. The van der Waals surface area contributed by atoms with Gasteiger partial charge in [0.25, 0.3) is 0 Å². The van der Waals surface area contributed by atoms with Crippen LogP contribution in [0.2, 0.25) is 0 Å². The van der Waals surface area contributed by atoms with Gasteiger partial charge >= 0.3 is 0 Å². The van der Waals surface area contributed by atoms with E-state index in [0.29, 0.717) is 12.3 Å². The summed E-state index contributed by atoms with van der Waals surface area (Å²) in [6, 6.07) is 14.2. The number of carbonyl (C=O) groups is 1. The Balaban J connectivity index is 1.74. The maximum absolute atomic E-state index is 11.7. The zero-order chi connectivity index (χ0) is 15.1. The molecule has 0 heterocycles. The number of rotatable bonds is 6. The Hall–Kier alpha value is -2.49. The van der Waals surface area contributed by atoms with Gasteiger partial charge in [-0.25, -0.2) is 0 Å². The average Bonchev–Trinajstić information content (AvgIpc) is 2.50. The van der Waals surface area contributed by atoms with Crippen LogP contribution < -0.4 is 10.1 Å². The molecule has 4 nitrogen and oxygen atoms in total. The van der Waals surface area contributed by atoms with Crippen LogP contribution in [0, 0.1) is 0 Å². The van der Waals surface area contributed by atoms with E-state index in [1.54, 1.807) is 12.1 Å². The number of aryl methyl sites for hydroxylation is 1. The molecule has 0 spiro atoms. The lowest BCUT2D eigenvalue weighted by Crippen LogP contribution is -2.15. The number of aromatic hydroxyl groups is 1. The van der Waals surface area contributed by atoms with Gasteiger partial charge in [0, 0.05) is 5.69 Å². The number of phenolic OH excluding ortho intramolecular Hbond substituents is 1. The fraction of sp³-hybridized carbons (Fsp3) is 0.235. The second kappa shape index (κ2) is 7.33. The molecule has 0 bridgehead atoms. The molecule has 0 aliphatic carbocycles. The first kappa shape index (κ1) is 14.9. The molecule has 2 N–H and O–H groups in total. The Morgan fingerprint density at radius 2 is 1.76 bits per heavy atom. The molecule has 0 aliphatic heterocycles. The van der Waals surface area contributed by atoms with E-state index >= 15 is 0 Å². The van der Waals surface area contributed by atoms with Gasteiger partial charge in [-0.3, -0.25) is 4.79 Å². The molecule has 1 amide bonds. The minimum atomic E-state index is -0.120. The summed E-state index contributed by atoms with van der Waals surface area (Å²) < 4.78 is 5.53. The standard InChI is InChI=1S/C17H19NO3/c1-2-13-3-9-16(10-4-13)21-12-11-17(20)18-14-5-7-15(19)8-6-14/h3-10,19H,2,11-12H2,1H3,(H,18,20). The summed E-state index contributed by atoms with van der Waals surface area (Å²) in [5.74, 6) is 0.822. The van der Waals surface area contributed by atoms with Gasteiger partial charge in [0.2, 0.25) is 5.91 Å². The molecule has 2 aromatic carbocycles. The first-order valence-electron chi connectivity index (χ1n) is 6.98. The zero-order valence-corrected chi connectivity index (χ0v) is 12.0. The maximum atomic E-state index is 11.7. The third-order valence-corrected chi connectivity index (χ3v) is 3.08. The van der Waals surface area contributed by atoms with Crippen molar-refractivity contribution in [3.05, 3.63) is 54.1 Å². The van der Waals surface area contributed by atoms with Gasteiger partial charge in [0.1, 0.15) is 11.5 Å². The molecule has 4 heteroatoms. The minimum Gasteiger partial charge on any atom is -0.508 e. The topological polar surface area (TPSA) is 58.6 Å². The van der Waals surface area contributed by atoms with Crippen LogP contribution in [0.1, 0.15) is 18.9 Å². The van der Waals surface area contributed by atoms with E-state index in [0.717, 1.165) is 12.2 Å². The van der Waals surface area contributed by atoms with Crippen LogP contribution in [0.15, 0.2) is 48.5 Å². The molecule has 0 radical (unpaired) electrons. The Bertz CT molecular complexity index is 576. The van der Waals surface area contributed by atoms with E-state index in [1.165, 1.54) is 17.7 Å². The van der Waals surface area contributed by atoms with Crippen LogP contribution in [0.4, 0.5) is 5.69 Å². The third-order valence-electron chi connectivity index (χ3n) is 3.08. The van der Waals surface area contributed by atoms with Crippen molar-refractivity contribution >= 4 is 11.6 Å². The molecule has 2 aromatic rings. The molecule has 0 saturated heterocycles. The van der Waals surface area contributed by atoms with Gasteiger partial charge in [0.15, 0.2) is 0 Å². The lowest BCUT2D eigenvalue weighted by molar-refractivity contribution is -0.116. The highest BCUT2D eigenvalue weighted by molar-refractivity contribution is 5.90. The summed E-state index contributed by atoms with van der Waals surface area (Å²) in [6.07, 6.45) is 1.27. The first-order chi connectivity index (χ1) is 10.2. The third kappa shape index (κ3) is 4.84. The SMILES string of the molecule is CCc1ccc(OCCC(=O)Nc2ccc(O)cc2)cc1. The lowest BCUT2D eigenvalue weighted by Gasteiger charge is -2.08. The predicted molar refractivity (Wildman–Crippen MR) is 82.7 cm³/mol. The van der Waals surface area contributed by atoms with Gasteiger partial charge in [-0.05, 0) is 48.4 Å². The lowest BCUT2D eigenvalue weighted by atomic mass is 10.2. The van der Waals surface area contributed by atoms with Crippen molar-refractivity contribution in [3.63, 3.8) is 0 Å². The highest BCUT2D eigenvalue weighted by Gasteiger charge is 2.03. The normalized spacial score (nSPS) is 10.1. The Kier molecular flexibility index (Phi) is 5.21. The van der Waals surface area contributed by atoms with Crippen molar-refractivity contribution in [2.24, 2.45) is 0 Å². The van der Waals surface area contributed by atoms with E-state index in [4.69, 9.17) is 9.84 Å². The predicted octanol–water partition coefficient (Wildman–Crippen LogP) is 3.36. The number of hydrogen-bond donors (Lipinski definition) is 2. The number of amides is 1. The number of nitrogens with one attached hydrogen (secondary N) is 1. The molecule has 0 saturated carbocycles. The van der Waals surface area contributed by atoms with E-state index in [9.17, 15) is 4.79 Å². The zero-order valence-electron chi connectivity index (χ0n) is 12.0. The van der Waals surface area contributed by atoms with Gasteiger partial charge in [-0.15, -0.1) is 0 Å². The molecule has 21 heavy (non-hydrogen) atoms. The largest absolute Gasteiger partial charge is 0.508 e. The summed E-state index contributed by atoms with van der Waals surface area (Å²) in [5, 5.41) is 11.9. The first-order valence-corrected chi connectivity index (χ1v) is 6.98. The summed E-state index contributed by atoms with van der Waals surface area (Å²) in [7, 11) is 0. The highest BCUT2D eigenvalue weighted by Crippen LogP contribution is 2.15. The minimum absolute atomic E-state index is 0.120. The second-order valence-corrected chi connectivity index (χ2v) is 4.69. The number of ether oxygens (including phenoxy) is 1. The van der Waals surface area contributed by atoms with Crippen LogP contribution in [-0.2, 0) is 11.2 Å². The fourth-order valence-electron chi connectivity index (χ4n) is 1.85. The number of hydrogen-bond acceptors (Lipinski definition) is 3. The molecule has 2 rings (SSSR count). The van der Waals surface area contributed by atoms with E-state index in [2.05, 4.69) is 12.2 Å². The molecule has 0 aromatic heterocycles. The molecular weight excluding hydrogens is 266 g/mol. The highest BCUT2D eigenvalue weighted by atomic mass is 16.5. The van der Waals surface area contributed by atoms with Crippen LogP contribution in [-0.4, -0.2) is 17.6 Å². The quantitative estimate of drug-likeness (QED) is 0.800. The van der Waals surface area contributed by atoms with Crippen LogP contribution in [0.25, 0.3) is 0 Å². The maximum Gasteiger partial charge on any atom is 0.227 e. The number of carbonyl (C=O) groups excluding carboxylic acids is 1. The Morgan fingerprint density at radius 1 is 1.10 bits per heavy atom. The van der Waals surface area contributed by atoms with Crippen molar-refractivity contribution in [1.29, 1.82) is 0 Å². The van der Waals surface area contributed by atoms with E-state index < -0.39 is 0 Å². The summed E-state index contributed by atoms with van der Waals surface area (Å²) in [5.41, 5.74) is 1.91. The fourth-order valence-corrected chi connectivity index (χ4v) is 1.85. The molecule has 0 atom stereocenters. The second-order valence-electron chi connectivity index (χ2n) is 4.69. The van der Waals surface area contributed by atoms with E-state index in [-0.39, 0.29) is 18.1 Å². The number of phenols is 1. The summed E-state index contributed by atoms with van der Waals surface area (Å²) in [4.78, 5) is 11.7. The summed E-state index contributed by atoms with van der Waals surface area (Å²) in [6.45, 7) is 2.43. The monoisotopic (exact) mass is 285 g/mol. The molecule has 0 fully saturated rings. The Labute approximate surface area is 124 Å². The van der Waals surface area contributed by atoms with Crippen molar-refractivity contribution in [2.75, 3.05) is 11.9 Å². The summed E-state index contributed by atoms with van der Waals surface area (Å²) >= 11 is 0. The van der Waals surface area contributed by atoms with Crippen LogP contribution in [0.5, 0.6) is 11.5 Å². The van der Waals surface area contributed by atoms with Crippen LogP contribution >= 0.6 is 0 Å². The average molecular weight is 285 g/mol. The van der Waals surface area contributed by atoms with Crippen molar-refractivity contribution in [3.8, 4) is 11.5 Å². The van der Waals surface area contributed by atoms with Crippen molar-refractivity contribution < 1.29 is 14.6 Å². The van der Waals surface area contributed by atoms with Crippen molar-refractivity contribution in [2.45, 2.75) is 19.8 Å². The van der Waals surface area contributed by atoms with Gasteiger partial charge in [0.05, 0.1) is 13.0 Å². The van der Waals surface area contributed by atoms with E-state index in [1.807, 2.05) is 24.3 Å². The Morgan fingerprint density at radius 3 is 2.38 bits per heavy atom. The molecule has 0 aliphatic rings. The van der Waals surface area contributed by atoms with Gasteiger partial charge in [-0.2, -0.15) is 0 Å². The molecular formula is C17H19NO3. The van der Waals surface area contributed by atoms with Gasteiger partial charge < -0.3 is 15.2 Å². The molecule has 0 unspecified atom stereocenters. The van der Waals surface area contributed by atoms with Gasteiger partial charge in [-0.1, -0.05) is 19.1 Å². The number of benzene rings is 2.